The molecular weight excluding hydrogens is 228 g/mol. The van der Waals surface area contributed by atoms with Crippen molar-refractivity contribution in [3.05, 3.63) is 35.4 Å². The highest BCUT2D eigenvalue weighted by Crippen LogP contribution is 2.31. The van der Waals surface area contributed by atoms with Gasteiger partial charge in [-0.15, -0.1) is 0 Å². The van der Waals surface area contributed by atoms with Crippen molar-refractivity contribution in [2.75, 3.05) is 6.61 Å². The van der Waals surface area contributed by atoms with E-state index in [2.05, 4.69) is 0 Å². The van der Waals surface area contributed by atoms with Gasteiger partial charge < -0.3 is 10.2 Å². The van der Waals surface area contributed by atoms with Gasteiger partial charge in [0.2, 0.25) is 0 Å². The molecule has 0 fully saturated rings. The number of rotatable bonds is 5. The molecule has 0 radical (unpaired) electrons. The molecule has 3 heteroatoms. The first-order chi connectivity index (χ1) is 8.19. The molecule has 1 aromatic rings. The van der Waals surface area contributed by atoms with Crippen LogP contribution in [-0.2, 0) is 15.6 Å². The highest BCUT2D eigenvalue weighted by atomic mass is 16.4. The van der Waals surface area contributed by atoms with E-state index in [4.69, 9.17) is 5.11 Å². The van der Waals surface area contributed by atoms with E-state index in [0.717, 1.165) is 11.1 Å². The molecule has 0 bridgehead atoms. The summed E-state index contributed by atoms with van der Waals surface area (Å²) in [5.41, 5.74) is 1.30. The molecule has 0 amide bonds. The Labute approximate surface area is 108 Å². The number of hydrogen-bond acceptors (Lipinski definition) is 2. The average molecular weight is 250 g/mol. The number of aliphatic hydroxyl groups is 1. The average Bonchev–Trinajstić information content (AvgIpc) is 2.27. The number of hydrogen-bond donors (Lipinski definition) is 2. The van der Waals surface area contributed by atoms with Gasteiger partial charge in [0.1, 0.15) is 0 Å². The molecule has 0 saturated heterocycles. The number of carboxylic acids is 1. The molecule has 0 aromatic heterocycles. The maximum atomic E-state index is 10.9. The Morgan fingerprint density at radius 2 is 1.61 bits per heavy atom. The van der Waals surface area contributed by atoms with E-state index in [-0.39, 0.29) is 18.4 Å². The molecular formula is C15H22O3. The first-order valence-electron chi connectivity index (χ1n) is 6.13. The van der Waals surface area contributed by atoms with Gasteiger partial charge in [-0.05, 0) is 11.1 Å². The molecule has 0 atom stereocenters. The summed E-state index contributed by atoms with van der Waals surface area (Å²) in [7, 11) is 0. The molecule has 0 aliphatic carbocycles. The van der Waals surface area contributed by atoms with Crippen molar-refractivity contribution in [2.24, 2.45) is 0 Å². The highest BCUT2D eigenvalue weighted by Gasteiger charge is 2.26. The number of aliphatic hydroxyl groups excluding tert-OH is 1. The van der Waals surface area contributed by atoms with Crippen LogP contribution in [0.3, 0.4) is 0 Å². The van der Waals surface area contributed by atoms with Gasteiger partial charge in [-0.1, -0.05) is 52.0 Å². The minimum atomic E-state index is -0.799. The molecule has 0 unspecified atom stereocenters. The SMILES string of the molecule is CC(C)(CO)c1cccc(C(C)(C)CC(=O)O)c1. The monoisotopic (exact) mass is 250 g/mol. The van der Waals surface area contributed by atoms with Gasteiger partial charge in [0.05, 0.1) is 13.0 Å². The predicted octanol–water partition coefficient (Wildman–Crippen LogP) is 2.71. The zero-order valence-electron chi connectivity index (χ0n) is 11.5. The normalized spacial score (nSPS) is 12.5. The number of benzene rings is 1. The molecule has 18 heavy (non-hydrogen) atoms. The smallest absolute Gasteiger partial charge is 0.304 e. The number of carbonyl (C=O) groups is 1. The van der Waals surface area contributed by atoms with Crippen LogP contribution in [-0.4, -0.2) is 22.8 Å². The van der Waals surface area contributed by atoms with Gasteiger partial charge in [0, 0.05) is 10.8 Å². The lowest BCUT2D eigenvalue weighted by molar-refractivity contribution is -0.138. The number of carboxylic acid groups (broad SMARTS) is 1. The van der Waals surface area contributed by atoms with Gasteiger partial charge in [0.15, 0.2) is 0 Å². The van der Waals surface area contributed by atoms with E-state index in [9.17, 15) is 9.90 Å². The lowest BCUT2D eigenvalue weighted by Gasteiger charge is -2.27. The summed E-state index contributed by atoms with van der Waals surface area (Å²) in [6.07, 6.45) is 0.0933. The van der Waals surface area contributed by atoms with Crippen LogP contribution in [0.4, 0.5) is 0 Å². The zero-order valence-corrected chi connectivity index (χ0v) is 11.5. The van der Waals surface area contributed by atoms with Crippen molar-refractivity contribution < 1.29 is 15.0 Å². The lowest BCUT2D eigenvalue weighted by atomic mass is 9.77. The maximum Gasteiger partial charge on any atom is 0.304 e. The third-order valence-electron chi connectivity index (χ3n) is 3.41. The Morgan fingerprint density at radius 1 is 1.11 bits per heavy atom. The topological polar surface area (TPSA) is 57.5 Å². The molecule has 3 nitrogen and oxygen atoms in total. The molecule has 2 N–H and O–H groups in total. The van der Waals surface area contributed by atoms with Crippen molar-refractivity contribution in [3.63, 3.8) is 0 Å². The molecule has 1 aromatic carbocycles. The quantitative estimate of drug-likeness (QED) is 0.844. The Balaban J connectivity index is 3.13. The first kappa shape index (κ1) is 14.7. The Bertz CT molecular complexity index is 433. The largest absolute Gasteiger partial charge is 0.481 e. The summed E-state index contributed by atoms with van der Waals surface area (Å²) < 4.78 is 0. The maximum absolute atomic E-state index is 10.9. The Kier molecular flexibility index (Phi) is 4.17. The van der Waals surface area contributed by atoms with Crippen molar-refractivity contribution in [1.29, 1.82) is 0 Å². The van der Waals surface area contributed by atoms with Crippen LogP contribution in [0, 0.1) is 0 Å². The van der Waals surface area contributed by atoms with Crippen LogP contribution >= 0.6 is 0 Å². The molecule has 0 heterocycles. The second kappa shape index (κ2) is 5.11. The molecule has 0 aliphatic heterocycles. The van der Waals surface area contributed by atoms with E-state index in [1.807, 2.05) is 52.0 Å². The minimum absolute atomic E-state index is 0.0653. The minimum Gasteiger partial charge on any atom is -0.481 e. The van der Waals surface area contributed by atoms with Gasteiger partial charge in [-0.2, -0.15) is 0 Å². The molecule has 1 rings (SSSR count). The fourth-order valence-corrected chi connectivity index (χ4v) is 1.93. The lowest BCUT2D eigenvalue weighted by Crippen LogP contribution is -2.25. The standard InChI is InChI=1S/C15H22O3/c1-14(2,9-13(17)18)11-6-5-7-12(8-11)15(3,4)10-16/h5-8,16H,9-10H2,1-4H3,(H,17,18). The highest BCUT2D eigenvalue weighted by molar-refractivity contribution is 5.68. The summed E-state index contributed by atoms with van der Waals surface area (Å²) in [6, 6.07) is 7.83. The van der Waals surface area contributed by atoms with Gasteiger partial charge in [-0.3, -0.25) is 4.79 Å². The zero-order chi connectivity index (χ0) is 14.0. The molecule has 100 valence electrons. The predicted molar refractivity (Wildman–Crippen MR) is 71.8 cm³/mol. The van der Waals surface area contributed by atoms with Crippen LogP contribution in [0.1, 0.15) is 45.2 Å². The van der Waals surface area contributed by atoms with Gasteiger partial charge in [-0.25, -0.2) is 0 Å². The van der Waals surface area contributed by atoms with Crippen molar-refractivity contribution in [2.45, 2.75) is 44.9 Å². The Hall–Kier alpha value is -1.35. The van der Waals surface area contributed by atoms with Crippen LogP contribution in [0.2, 0.25) is 0 Å². The van der Waals surface area contributed by atoms with Crippen LogP contribution in [0.5, 0.6) is 0 Å². The Morgan fingerprint density at radius 3 is 2.06 bits per heavy atom. The first-order valence-corrected chi connectivity index (χ1v) is 6.13. The van der Waals surface area contributed by atoms with Crippen molar-refractivity contribution in [3.8, 4) is 0 Å². The van der Waals surface area contributed by atoms with E-state index >= 15 is 0 Å². The third-order valence-corrected chi connectivity index (χ3v) is 3.41. The second-order valence-electron chi connectivity index (χ2n) is 6.08. The van der Waals surface area contributed by atoms with E-state index in [1.165, 1.54) is 0 Å². The summed E-state index contributed by atoms with van der Waals surface area (Å²) in [4.78, 5) is 10.9. The van der Waals surface area contributed by atoms with E-state index in [0.29, 0.717) is 0 Å². The van der Waals surface area contributed by atoms with Crippen molar-refractivity contribution in [1.82, 2.24) is 0 Å². The fourth-order valence-electron chi connectivity index (χ4n) is 1.93. The second-order valence-corrected chi connectivity index (χ2v) is 6.08. The van der Waals surface area contributed by atoms with Crippen LogP contribution in [0.25, 0.3) is 0 Å². The third kappa shape index (κ3) is 3.33. The summed E-state index contributed by atoms with van der Waals surface area (Å²) in [5, 5.41) is 18.3. The van der Waals surface area contributed by atoms with E-state index < -0.39 is 11.4 Å². The number of aliphatic carboxylic acids is 1. The van der Waals surface area contributed by atoms with Gasteiger partial charge >= 0.3 is 5.97 Å². The molecule has 0 spiro atoms. The van der Waals surface area contributed by atoms with Crippen LogP contribution < -0.4 is 0 Å². The summed E-state index contributed by atoms with van der Waals surface area (Å²) in [5.74, 6) is -0.799. The summed E-state index contributed by atoms with van der Waals surface area (Å²) in [6.45, 7) is 7.85. The van der Waals surface area contributed by atoms with Gasteiger partial charge in [0.25, 0.3) is 0 Å². The van der Waals surface area contributed by atoms with Crippen molar-refractivity contribution >= 4 is 5.97 Å². The fraction of sp³-hybridized carbons (Fsp3) is 0.533. The molecule has 0 saturated carbocycles. The van der Waals surface area contributed by atoms with E-state index in [1.54, 1.807) is 0 Å². The molecule has 0 aliphatic rings. The summed E-state index contributed by atoms with van der Waals surface area (Å²) >= 11 is 0. The van der Waals surface area contributed by atoms with Crippen LogP contribution in [0.15, 0.2) is 24.3 Å².